The molecule has 188 valence electrons. The molecule has 4 aliphatic rings. The van der Waals surface area contributed by atoms with Crippen LogP contribution in [0.1, 0.15) is 70.9 Å². The zero-order valence-electron chi connectivity index (χ0n) is 21.5. The molecule has 34 heavy (non-hydrogen) atoms. The van der Waals surface area contributed by atoms with E-state index >= 15 is 0 Å². The summed E-state index contributed by atoms with van der Waals surface area (Å²) in [7, 11) is 4.13. The van der Waals surface area contributed by atoms with Crippen LogP contribution in [-0.2, 0) is 17.8 Å². The summed E-state index contributed by atoms with van der Waals surface area (Å²) in [6.07, 6.45) is 14.5. The van der Waals surface area contributed by atoms with E-state index in [1.165, 1.54) is 38.5 Å². The van der Waals surface area contributed by atoms with Gasteiger partial charge in [0.1, 0.15) is 6.61 Å². The number of aliphatic hydroxyl groups is 1. The van der Waals surface area contributed by atoms with E-state index in [0.29, 0.717) is 24.5 Å². The summed E-state index contributed by atoms with van der Waals surface area (Å²) in [6.45, 7) is 7.02. The van der Waals surface area contributed by atoms with Crippen LogP contribution < -0.4 is 0 Å². The number of hydrogen-bond acceptors (Lipinski definition) is 6. The van der Waals surface area contributed by atoms with Gasteiger partial charge in [-0.25, -0.2) is 4.68 Å². The predicted octanol–water partition coefficient (Wildman–Crippen LogP) is 4.08. The van der Waals surface area contributed by atoms with Crippen LogP contribution in [0.25, 0.3) is 0 Å². The molecule has 0 aliphatic heterocycles. The number of nitrogens with zero attached hydrogens (tertiary/aromatic N) is 5. The lowest BCUT2D eigenvalue weighted by molar-refractivity contribution is -0.0722. The van der Waals surface area contributed by atoms with Crippen molar-refractivity contribution in [3.05, 3.63) is 23.5 Å². The van der Waals surface area contributed by atoms with Gasteiger partial charge in [0.15, 0.2) is 0 Å². The Hall–Kier alpha value is -1.73. The summed E-state index contributed by atoms with van der Waals surface area (Å²) in [5.74, 6) is 2.24. The van der Waals surface area contributed by atoms with E-state index in [1.54, 1.807) is 5.57 Å². The quantitative estimate of drug-likeness (QED) is 0.481. The van der Waals surface area contributed by atoms with Gasteiger partial charge >= 0.3 is 0 Å². The smallest absolute Gasteiger partial charge is 0.136 e. The molecule has 4 aliphatic carbocycles. The number of aromatic nitrogens is 3. The molecule has 1 N–H and O–H groups in total. The maximum Gasteiger partial charge on any atom is 0.136 e. The zero-order chi connectivity index (χ0) is 23.9. The predicted molar refractivity (Wildman–Crippen MR) is 133 cm³/mol. The third-order valence-electron chi connectivity index (χ3n) is 9.92. The van der Waals surface area contributed by atoms with E-state index in [4.69, 9.17) is 4.84 Å². The summed E-state index contributed by atoms with van der Waals surface area (Å²) < 4.78 is 1.85. The molecule has 5 rings (SSSR count). The molecular weight excluding hydrogens is 426 g/mol. The molecule has 3 saturated carbocycles. The van der Waals surface area contributed by atoms with Crippen molar-refractivity contribution in [1.29, 1.82) is 0 Å². The molecule has 0 aromatic carbocycles. The second-order valence-electron chi connectivity index (χ2n) is 12.1. The molecule has 3 fully saturated rings. The molecule has 3 unspecified atom stereocenters. The van der Waals surface area contributed by atoms with Crippen LogP contribution in [0.3, 0.4) is 0 Å². The highest BCUT2D eigenvalue weighted by molar-refractivity contribution is 5.96. The minimum atomic E-state index is -0.0902. The van der Waals surface area contributed by atoms with Crippen molar-refractivity contribution in [2.45, 2.75) is 84.3 Å². The van der Waals surface area contributed by atoms with Crippen molar-refractivity contribution in [3.63, 3.8) is 0 Å². The van der Waals surface area contributed by atoms with Crippen molar-refractivity contribution in [1.82, 2.24) is 19.9 Å². The Bertz CT molecular complexity index is 939. The topological polar surface area (TPSA) is 75.8 Å². The maximum atomic E-state index is 10.7. The van der Waals surface area contributed by atoms with Crippen LogP contribution in [0, 0.1) is 28.6 Å². The van der Waals surface area contributed by atoms with Crippen LogP contribution >= 0.6 is 0 Å². The van der Waals surface area contributed by atoms with E-state index in [1.807, 2.05) is 10.9 Å². The lowest BCUT2D eigenvalue weighted by Gasteiger charge is -2.57. The Morgan fingerprint density at radius 3 is 2.82 bits per heavy atom. The Kier molecular flexibility index (Phi) is 6.62. The number of allylic oxidation sites excluding steroid dienone is 2. The van der Waals surface area contributed by atoms with Gasteiger partial charge in [0.05, 0.1) is 24.1 Å². The van der Waals surface area contributed by atoms with Crippen LogP contribution in [0.4, 0.5) is 0 Å². The van der Waals surface area contributed by atoms with Gasteiger partial charge in [-0.2, -0.15) is 0 Å². The van der Waals surface area contributed by atoms with Gasteiger partial charge in [0, 0.05) is 19.2 Å². The highest BCUT2D eigenvalue weighted by Crippen LogP contribution is 2.65. The Balaban J connectivity index is 1.17. The minimum absolute atomic E-state index is 0.0902. The molecule has 6 atom stereocenters. The number of oxime groups is 1. The van der Waals surface area contributed by atoms with Crippen LogP contribution in [0.15, 0.2) is 23.0 Å². The van der Waals surface area contributed by atoms with Crippen molar-refractivity contribution < 1.29 is 9.94 Å². The molecule has 7 nitrogen and oxygen atoms in total. The third kappa shape index (κ3) is 4.34. The monoisotopic (exact) mass is 469 g/mol. The summed E-state index contributed by atoms with van der Waals surface area (Å²) >= 11 is 0. The van der Waals surface area contributed by atoms with Gasteiger partial charge in [-0.15, -0.1) is 5.10 Å². The second-order valence-corrected chi connectivity index (χ2v) is 12.1. The van der Waals surface area contributed by atoms with Crippen molar-refractivity contribution >= 4 is 5.71 Å². The van der Waals surface area contributed by atoms with Gasteiger partial charge in [-0.3, -0.25) is 0 Å². The Labute approximate surface area is 204 Å². The van der Waals surface area contributed by atoms with Gasteiger partial charge in [0.25, 0.3) is 0 Å². The lowest BCUT2D eigenvalue weighted by Crippen LogP contribution is -2.51. The fraction of sp³-hybridized carbons (Fsp3) is 0.815. The van der Waals surface area contributed by atoms with E-state index in [2.05, 4.69) is 54.4 Å². The highest BCUT2D eigenvalue weighted by atomic mass is 16.6. The molecule has 1 aromatic rings. The zero-order valence-corrected chi connectivity index (χ0v) is 21.5. The summed E-state index contributed by atoms with van der Waals surface area (Å²) in [6, 6.07) is 0. The number of fused-ring (bicyclic) bond motifs is 5. The fourth-order valence-corrected chi connectivity index (χ4v) is 7.78. The van der Waals surface area contributed by atoms with Gasteiger partial charge in [0.2, 0.25) is 0 Å². The van der Waals surface area contributed by atoms with E-state index < -0.39 is 0 Å². The SMILES string of the molecule is CN(C)CCc1cn(CCO/N=C2\C=C3CCC4C(CC[C@@]5(C)C4CC[C@@H]5O)[C@@]3(C)CC2)nn1. The van der Waals surface area contributed by atoms with Crippen LogP contribution in [0.2, 0.25) is 0 Å². The van der Waals surface area contributed by atoms with Crippen molar-refractivity contribution in [3.8, 4) is 0 Å². The summed E-state index contributed by atoms with van der Waals surface area (Å²) in [5.41, 5.74) is 4.15. The van der Waals surface area contributed by atoms with E-state index in [9.17, 15) is 5.11 Å². The van der Waals surface area contributed by atoms with Gasteiger partial charge in [-0.05, 0) is 100 Å². The lowest BCUT2D eigenvalue weighted by atomic mass is 9.47. The van der Waals surface area contributed by atoms with Crippen molar-refractivity contribution in [2.75, 3.05) is 27.2 Å². The molecule has 1 heterocycles. The van der Waals surface area contributed by atoms with Crippen LogP contribution in [0.5, 0.6) is 0 Å². The van der Waals surface area contributed by atoms with Gasteiger partial charge < -0.3 is 14.8 Å². The molecule has 0 spiro atoms. The Morgan fingerprint density at radius 2 is 2.00 bits per heavy atom. The highest BCUT2D eigenvalue weighted by Gasteiger charge is 2.58. The fourth-order valence-electron chi connectivity index (χ4n) is 7.78. The Morgan fingerprint density at radius 1 is 1.15 bits per heavy atom. The third-order valence-corrected chi connectivity index (χ3v) is 9.92. The van der Waals surface area contributed by atoms with E-state index in [-0.39, 0.29) is 11.5 Å². The first-order valence-corrected chi connectivity index (χ1v) is 13.4. The number of hydrogen-bond donors (Lipinski definition) is 1. The average molecular weight is 470 g/mol. The second kappa shape index (κ2) is 9.38. The minimum Gasteiger partial charge on any atom is -0.394 e. The van der Waals surface area contributed by atoms with Crippen molar-refractivity contribution in [2.24, 2.45) is 33.7 Å². The summed E-state index contributed by atoms with van der Waals surface area (Å²) in [4.78, 5) is 7.86. The molecular formula is C27H43N5O2. The molecule has 0 bridgehead atoms. The molecule has 7 heteroatoms. The van der Waals surface area contributed by atoms with Gasteiger partial charge in [-0.1, -0.05) is 29.8 Å². The normalized spacial score (nSPS) is 38.4. The first-order chi connectivity index (χ1) is 16.3. The number of aliphatic hydroxyl groups excluding tert-OH is 1. The molecule has 1 aromatic heterocycles. The first-order valence-electron chi connectivity index (χ1n) is 13.4. The number of rotatable bonds is 7. The average Bonchev–Trinajstić information content (AvgIpc) is 3.39. The largest absolute Gasteiger partial charge is 0.394 e. The maximum absolute atomic E-state index is 10.7. The molecule has 0 radical (unpaired) electrons. The molecule has 0 amide bonds. The van der Waals surface area contributed by atoms with E-state index in [0.717, 1.165) is 49.0 Å². The first kappa shape index (κ1) is 24.0. The molecule has 0 saturated heterocycles. The van der Waals surface area contributed by atoms with Crippen LogP contribution in [-0.4, -0.2) is 64.1 Å². The summed E-state index contributed by atoms with van der Waals surface area (Å²) in [5, 5.41) is 23.6. The standard InChI is InChI=1S/C27H43N5O2/c1-26-12-9-20(29-34-16-15-32-18-21(28-30-32)11-14-31(3)4)17-19(26)5-6-22-23-7-8-25(33)27(23,2)13-10-24(22)26/h17-18,22-25,33H,5-16H2,1-4H3/b29-20-/t22?,23?,24?,25-,26-,27-/m0/s1. The number of likely N-dealkylation sites (N-methyl/N-ethyl adjacent to an activating group) is 1.